The van der Waals surface area contributed by atoms with E-state index in [1.165, 1.54) is 41.2 Å². The molecule has 1 heterocycles. The number of alkyl halides is 3. The van der Waals surface area contributed by atoms with E-state index in [9.17, 15) is 22.8 Å². The Morgan fingerprint density at radius 3 is 2.43 bits per heavy atom. The van der Waals surface area contributed by atoms with Crippen LogP contribution in [0.25, 0.3) is 27.7 Å². The second-order valence-corrected chi connectivity index (χ2v) is 9.25. The lowest BCUT2D eigenvalue weighted by molar-refractivity contribution is -0.274. The van der Waals surface area contributed by atoms with Gasteiger partial charge in [-0.1, -0.05) is 36.9 Å². The molecule has 1 aromatic heterocycles. The number of hydrogen-bond donors (Lipinski definition) is 2. The third-order valence-corrected chi connectivity index (χ3v) is 6.13. The van der Waals surface area contributed by atoms with Crippen LogP contribution >= 0.6 is 0 Å². The molecule has 2 N–H and O–H groups in total. The van der Waals surface area contributed by atoms with Crippen LogP contribution in [0.3, 0.4) is 0 Å². The second kappa shape index (κ2) is 14.1. The Morgan fingerprint density at radius 1 is 1.05 bits per heavy atom. The van der Waals surface area contributed by atoms with Gasteiger partial charge in [-0.3, -0.25) is 9.59 Å². The minimum absolute atomic E-state index is 0.0122. The molecule has 0 atom stereocenters. The Labute approximate surface area is 250 Å². The fraction of sp³-hybridized carbons (Fsp3) is 0.156. The summed E-state index contributed by atoms with van der Waals surface area (Å²) in [6, 6.07) is 16.6. The number of nitrogens with zero attached hydrogens (tertiary/aromatic N) is 2. The molecule has 1 amide bonds. The van der Waals surface area contributed by atoms with Crippen LogP contribution in [0.2, 0.25) is 0 Å². The lowest BCUT2D eigenvalue weighted by Crippen LogP contribution is -2.25. The summed E-state index contributed by atoms with van der Waals surface area (Å²) in [5, 5.41) is 17.5. The Balaban J connectivity index is 1.68. The van der Waals surface area contributed by atoms with Gasteiger partial charge in [-0.15, -0.1) is 13.2 Å². The number of rotatable bonds is 13. The van der Waals surface area contributed by atoms with E-state index in [0.717, 1.165) is 10.8 Å². The van der Waals surface area contributed by atoms with Gasteiger partial charge in [0.15, 0.2) is 5.75 Å². The molecule has 0 radical (unpaired) electrons. The smallest absolute Gasteiger partial charge is 0.497 e. The number of carboxylic acid groups (broad SMARTS) is 1. The van der Waals surface area contributed by atoms with Gasteiger partial charge in [0.1, 0.15) is 23.0 Å². The van der Waals surface area contributed by atoms with E-state index < -0.39 is 12.3 Å². The molecule has 0 saturated carbocycles. The third-order valence-electron chi connectivity index (χ3n) is 6.13. The van der Waals surface area contributed by atoms with Crippen LogP contribution in [-0.2, 0) is 9.59 Å². The molecule has 4 aromatic rings. The average Bonchev–Trinajstić information content (AvgIpc) is 3.39. The molecule has 0 aliphatic carbocycles. The average molecular weight is 608 g/mol. The zero-order valence-corrected chi connectivity index (χ0v) is 23.5. The predicted octanol–water partition coefficient (Wildman–Crippen LogP) is 6.59. The van der Waals surface area contributed by atoms with Gasteiger partial charge in [0, 0.05) is 18.5 Å². The Bertz CT molecular complexity index is 1710. The number of aromatic nitrogens is 2. The Morgan fingerprint density at radius 2 is 1.75 bits per heavy atom. The highest BCUT2D eigenvalue weighted by Gasteiger charge is 2.31. The number of allylic oxidation sites excluding steroid dienone is 3. The van der Waals surface area contributed by atoms with E-state index >= 15 is 0 Å². The van der Waals surface area contributed by atoms with E-state index in [4.69, 9.17) is 14.6 Å². The summed E-state index contributed by atoms with van der Waals surface area (Å²) >= 11 is 0. The van der Waals surface area contributed by atoms with E-state index in [2.05, 4.69) is 21.7 Å². The SMILES string of the molecule is C=C/C=C(\C=C/CC(=O)NCCC(=O)O)Oc1cnn(-c2ccc(OC(F)(F)F)cc2)c1-c1ccc2cc(OC)ccc2c1. The first-order valence-electron chi connectivity index (χ1n) is 13.2. The molecule has 0 spiro atoms. The summed E-state index contributed by atoms with van der Waals surface area (Å²) < 4.78 is 55.2. The number of benzene rings is 3. The van der Waals surface area contributed by atoms with Crippen LogP contribution in [-0.4, -0.2) is 46.8 Å². The summed E-state index contributed by atoms with van der Waals surface area (Å²) in [5.41, 5.74) is 1.65. The zero-order valence-electron chi connectivity index (χ0n) is 23.5. The van der Waals surface area contributed by atoms with E-state index in [1.54, 1.807) is 25.3 Å². The van der Waals surface area contributed by atoms with Gasteiger partial charge in [0.05, 0.1) is 25.4 Å². The van der Waals surface area contributed by atoms with Gasteiger partial charge in [0.25, 0.3) is 0 Å². The molecule has 3 aromatic carbocycles. The Kier molecular flexibility index (Phi) is 10.1. The molecule has 44 heavy (non-hydrogen) atoms. The van der Waals surface area contributed by atoms with Gasteiger partial charge in [-0.2, -0.15) is 5.10 Å². The number of carboxylic acids is 1. The number of fused-ring (bicyclic) bond motifs is 1. The summed E-state index contributed by atoms with van der Waals surface area (Å²) in [7, 11) is 1.58. The maximum atomic E-state index is 12.7. The highest BCUT2D eigenvalue weighted by Crippen LogP contribution is 2.36. The molecule has 0 fully saturated rings. The molecular weight excluding hydrogens is 579 g/mol. The van der Waals surface area contributed by atoms with Crippen molar-refractivity contribution in [2.45, 2.75) is 19.2 Å². The van der Waals surface area contributed by atoms with Crippen LogP contribution in [0.5, 0.6) is 17.2 Å². The molecule has 0 bridgehead atoms. The molecular formula is C32H28F3N3O6. The molecule has 0 aliphatic rings. The summed E-state index contributed by atoms with van der Waals surface area (Å²) in [6.45, 7) is 3.72. The van der Waals surface area contributed by atoms with Crippen molar-refractivity contribution in [1.82, 2.24) is 15.1 Å². The fourth-order valence-corrected chi connectivity index (χ4v) is 4.19. The number of halogens is 3. The molecule has 0 saturated heterocycles. The van der Waals surface area contributed by atoms with Crippen molar-refractivity contribution in [2.24, 2.45) is 0 Å². The lowest BCUT2D eigenvalue weighted by Gasteiger charge is -2.13. The van der Waals surface area contributed by atoms with Crippen molar-refractivity contribution in [3.8, 4) is 34.2 Å². The zero-order chi connectivity index (χ0) is 31.7. The highest BCUT2D eigenvalue weighted by atomic mass is 19.4. The molecule has 228 valence electrons. The second-order valence-electron chi connectivity index (χ2n) is 9.25. The number of ether oxygens (including phenoxy) is 3. The maximum Gasteiger partial charge on any atom is 0.573 e. The van der Waals surface area contributed by atoms with Crippen LogP contribution in [0.1, 0.15) is 12.8 Å². The quantitative estimate of drug-likeness (QED) is 0.130. The largest absolute Gasteiger partial charge is 0.573 e. The van der Waals surface area contributed by atoms with Crippen molar-refractivity contribution in [3.63, 3.8) is 0 Å². The van der Waals surface area contributed by atoms with E-state index in [1.807, 2.05) is 36.4 Å². The number of aliphatic carboxylic acids is 1. The number of nitrogens with one attached hydrogen (secondary N) is 1. The molecule has 0 unspecified atom stereocenters. The normalized spacial score (nSPS) is 11.9. The van der Waals surface area contributed by atoms with Gasteiger partial charge in [0.2, 0.25) is 5.91 Å². The number of carbonyl (C=O) groups is 2. The summed E-state index contributed by atoms with van der Waals surface area (Å²) in [5.74, 6) is -0.421. The van der Waals surface area contributed by atoms with Crippen molar-refractivity contribution in [1.29, 1.82) is 0 Å². The third kappa shape index (κ3) is 8.51. The van der Waals surface area contributed by atoms with Crippen LogP contribution in [0.4, 0.5) is 13.2 Å². The van der Waals surface area contributed by atoms with Gasteiger partial charge < -0.3 is 24.6 Å². The van der Waals surface area contributed by atoms with Gasteiger partial charge in [-0.05, 0) is 65.4 Å². The summed E-state index contributed by atoms with van der Waals surface area (Å²) in [4.78, 5) is 22.7. The number of methoxy groups -OCH3 is 1. The molecule has 9 nitrogen and oxygen atoms in total. The van der Waals surface area contributed by atoms with Crippen LogP contribution in [0.15, 0.2) is 104 Å². The highest BCUT2D eigenvalue weighted by molar-refractivity contribution is 5.89. The van der Waals surface area contributed by atoms with Crippen molar-refractivity contribution < 1.29 is 42.1 Å². The number of hydrogen-bond acceptors (Lipinski definition) is 6. The maximum absolute atomic E-state index is 12.7. The topological polar surface area (TPSA) is 112 Å². The predicted molar refractivity (Wildman–Crippen MR) is 158 cm³/mol. The standard InChI is InChI=1S/C32H28F3N3O6/c1-3-5-25(6-4-7-29(39)36-17-16-30(40)41)43-28-20-37-38(24-11-14-26(15-12-24)44-32(33,34)35)31(28)23-9-8-22-19-27(42-2)13-10-21(22)18-23/h3-6,8-15,18-20H,1,7,16-17H2,2H3,(H,36,39)(H,40,41)/b6-4-,25-5+. The first-order chi connectivity index (χ1) is 21.1. The first-order valence-corrected chi connectivity index (χ1v) is 13.2. The monoisotopic (exact) mass is 607 g/mol. The fourth-order valence-electron chi connectivity index (χ4n) is 4.19. The lowest BCUT2D eigenvalue weighted by atomic mass is 10.0. The number of amides is 1. The van der Waals surface area contributed by atoms with Gasteiger partial charge >= 0.3 is 12.3 Å². The van der Waals surface area contributed by atoms with Crippen molar-refractivity contribution >= 4 is 22.6 Å². The first kappa shape index (κ1) is 31.4. The van der Waals surface area contributed by atoms with Crippen LogP contribution < -0.4 is 19.5 Å². The van der Waals surface area contributed by atoms with Crippen molar-refractivity contribution in [3.05, 3.63) is 104 Å². The molecule has 0 aliphatic heterocycles. The summed E-state index contributed by atoms with van der Waals surface area (Å²) in [6.07, 6.45) is 2.63. The number of carbonyl (C=O) groups excluding carboxylic acids is 1. The Hall–Kier alpha value is -5.52. The van der Waals surface area contributed by atoms with Gasteiger partial charge in [-0.25, -0.2) is 4.68 Å². The van der Waals surface area contributed by atoms with E-state index in [-0.39, 0.29) is 31.0 Å². The minimum Gasteiger partial charge on any atom is -0.497 e. The molecule has 12 heteroatoms. The van der Waals surface area contributed by atoms with Crippen LogP contribution in [0, 0.1) is 0 Å². The minimum atomic E-state index is -4.83. The molecule has 4 rings (SSSR count). The van der Waals surface area contributed by atoms with E-state index in [0.29, 0.717) is 34.2 Å². The van der Waals surface area contributed by atoms with Crippen molar-refractivity contribution in [2.75, 3.05) is 13.7 Å².